The second kappa shape index (κ2) is 6.95. The molecule has 0 aliphatic carbocycles. The lowest BCUT2D eigenvalue weighted by Gasteiger charge is -2.23. The highest BCUT2D eigenvalue weighted by Gasteiger charge is 2.16. The van der Waals surface area contributed by atoms with Crippen LogP contribution in [0.25, 0.3) is 0 Å². The summed E-state index contributed by atoms with van der Waals surface area (Å²) in [5.41, 5.74) is 0.830. The molecule has 1 aliphatic heterocycles. The van der Waals surface area contributed by atoms with Crippen LogP contribution in [0.4, 0.5) is 0 Å². The Hall–Kier alpha value is -1.26. The van der Waals surface area contributed by atoms with E-state index in [1.807, 2.05) is 6.92 Å². The number of rotatable bonds is 6. The quantitative estimate of drug-likeness (QED) is 0.748. The normalized spacial score (nSPS) is 19.1. The lowest BCUT2D eigenvalue weighted by atomic mass is 10.1. The van der Waals surface area contributed by atoms with E-state index < -0.39 is 0 Å². The lowest BCUT2D eigenvalue weighted by molar-refractivity contribution is 0.278. The first-order chi connectivity index (χ1) is 9.56. The molecule has 0 amide bonds. The van der Waals surface area contributed by atoms with E-state index in [1.165, 1.54) is 32.0 Å². The molecule has 1 saturated heterocycles. The second-order valence-corrected chi connectivity index (χ2v) is 5.99. The van der Waals surface area contributed by atoms with Crippen LogP contribution in [0.1, 0.15) is 38.3 Å². The topological polar surface area (TPSA) is 55.7 Å². The van der Waals surface area contributed by atoms with Crippen LogP contribution in [0.5, 0.6) is 11.5 Å². The number of likely N-dealkylation sites (tertiary alicyclic amines) is 1. The first-order valence-electron chi connectivity index (χ1n) is 7.54. The molecule has 0 radical (unpaired) electrons. The SMILES string of the molecule is CC(CNC(C)c1ccc(O)cc1O)CN1CCCC1. The monoisotopic (exact) mass is 278 g/mol. The Bertz CT molecular complexity index is 430. The van der Waals surface area contributed by atoms with Gasteiger partial charge in [-0.05, 0) is 51.4 Å². The minimum Gasteiger partial charge on any atom is -0.508 e. The lowest BCUT2D eigenvalue weighted by Crippen LogP contribution is -2.32. The third kappa shape index (κ3) is 4.12. The molecule has 4 heteroatoms. The van der Waals surface area contributed by atoms with Crippen molar-refractivity contribution in [3.63, 3.8) is 0 Å². The van der Waals surface area contributed by atoms with Gasteiger partial charge in [0.2, 0.25) is 0 Å². The molecule has 1 aromatic rings. The molecule has 2 unspecified atom stereocenters. The van der Waals surface area contributed by atoms with Crippen molar-refractivity contribution in [2.45, 2.75) is 32.7 Å². The highest BCUT2D eigenvalue weighted by Crippen LogP contribution is 2.27. The predicted octanol–water partition coefficient (Wildman–Crippen LogP) is 2.48. The van der Waals surface area contributed by atoms with E-state index in [9.17, 15) is 10.2 Å². The molecule has 0 bridgehead atoms. The van der Waals surface area contributed by atoms with Gasteiger partial charge >= 0.3 is 0 Å². The first-order valence-corrected chi connectivity index (χ1v) is 7.54. The number of benzene rings is 1. The van der Waals surface area contributed by atoms with Gasteiger partial charge in [0.15, 0.2) is 0 Å². The van der Waals surface area contributed by atoms with Crippen LogP contribution >= 0.6 is 0 Å². The summed E-state index contributed by atoms with van der Waals surface area (Å²) in [5, 5.41) is 22.6. The van der Waals surface area contributed by atoms with Crippen LogP contribution in [-0.2, 0) is 0 Å². The molecule has 112 valence electrons. The molecule has 0 saturated carbocycles. The Kier molecular flexibility index (Phi) is 5.26. The van der Waals surface area contributed by atoms with Crippen molar-refractivity contribution in [2.75, 3.05) is 26.2 Å². The number of nitrogens with zero attached hydrogens (tertiary/aromatic N) is 1. The van der Waals surface area contributed by atoms with Gasteiger partial charge in [-0.3, -0.25) is 0 Å². The van der Waals surface area contributed by atoms with E-state index in [1.54, 1.807) is 12.1 Å². The summed E-state index contributed by atoms with van der Waals surface area (Å²) in [6.45, 7) is 8.83. The Morgan fingerprint density at radius 3 is 2.55 bits per heavy atom. The average Bonchev–Trinajstić information content (AvgIpc) is 2.89. The maximum absolute atomic E-state index is 9.85. The third-order valence-electron chi connectivity index (χ3n) is 4.02. The van der Waals surface area contributed by atoms with Crippen molar-refractivity contribution >= 4 is 0 Å². The third-order valence-corrected chi connectivity index (χ3v) is 4.02. The van der Waals surface area contributed by atoms with E-state index in [0.717, 1.165) is 18.7 Å². The molecule has 0 spiro atoms. The van der Waals surface area contributed by atoms with Gasteiger partial charge in [-0.15, -0.1) is 0 Å². The first kappa shape index (κ1) is 15.1. The molecule has 1 aromatic carbocycles. The molecular weight excluding hydrogens is 252 g/mol. The summed E-state index contributed by atoms with van der Waals surface area (Å²) >= 11 is 0. The van der Waals surface area contributed by atoms with Gasteiger partial charge in [0.1, 0.15) is 11.5 Å². The minimum absolute atomic E-state index is 0.0802. The summed E-state index contributed by atoms with van der Waals surface area (Å²) in [7, 11) is 0. The molecule has 1 heterocycles. The van der Waals surface area contributed by atoms with Crippen molar-refractivity contribution in [1.29, 1.82) is 0 Å². The predicted molar refractivity (Wildman–Crippen MR) is 81.0 cm³/mol. The Morgan fingerprint density at radius 2 is 1.90 bits per heavy atom. The Balaban J connectivity index is 1.80. The van der Waals surface area contributed by atoms with Gasteiger partial charge < -0.3 is 20.4 Å². The summed E-state index contributed by atoms with van der Waals surface area (Å²) in [6.07, 6.45) is 2.66. The van der Waals surface area contributed by atoms with E-state index >= 15 is 0 Å². The summed E-state index contributed by atoms with van der Waals surface area (Å²) in [4.78, 5) is 2.52. The van der Waals surface area contributed by atoms with Crippen molar-refractivity contribution in [3.05, 3.63) is 23.8 Å². The number of nitrogens with one attached hydrogen (secondary N) is 1. The van der Waals surface area contributed by atoms with Crippen LogP contribution < -0.4 is 5.32 Å². The fourth-order valence-corrected chi connectivity index (χ4v) is 2.86. The van der Waals surface area contributed by atoms with Gasteiger partial charge in [-0.25, -0.2) is 0 Å². The summed E-state index contributed by atoms with van der Waals surface area (Å²) in [5.74, 6) is 0.841. The van der Waals surface area contributed by atoms with Gasteiger partial charge in [-0.1, -0.05) is 13.0 Å². The number of phenols is 2. The zero-order chi connectivity index (χ0) is 14.5. The van der Waals surface area contributed by atoms with Crippen LogP contribution in [0.3, 0.4) is 0 Å². The average molecular weight is 278 g/mol. The largest absolute Gasteiger partial charge is 0.508 e. The number of phenolic OH excluding ortho intramolecular Hbond substituents is 2. The fourth-order valence-electron chi connectivity index (χ4n) is 2.86. The zero-order valence-electron chi connectivity index (χ0n) is 12.5. The number of hydrogen-bond donors (Lipinski definition) is 3. The molecule has 1 fully saturated rings. The molecule has 0 aromatic heterocycles. The smallest absolute Gasteiger partial charge is 0.124 e. The van der Waals surface area contributed by atoms with Crippen molar-refractivity contribution in [1.82, 2.24) is 10.2 Å². The summed E-state index contributed by atoms with van der Waals surface area (Å²) in [6, 6.07) is 4.85. The van der Waals surface area contributed by atoms with Crippen LogP contribution in [0.2, 0.25) is 0 Å². The molecule has 2 rings (SSSR count). The summed E-state index contributed by atoms with van der Waals surface area (Å²) < 4.78 is 0. The van der Waals surface area contributed by atoms with Gasteiger partial charge in [0.05, 0.1) is 0 Å². The van der Waals surface area contributed by atoms with Crippen LogP contribution in [-0.4, -0.2) is 41.3 Å². The Morgan fingerprint density at radius 1 is 1.20 bits per heavy atom. The number of hydrogen-bond acceptors (Lipinski definition) is 4. The van der Waals surface area contributed by atoms with Crippen molar-refractivity contribution < 1.29 is 10.2 Å². The van der Waals surface area contributed by atoms with Crippen molar-refractivity contribution in [3.8, 4) is 11.5 Å². The van der Waals surface area contributed by atoms with E-state index in [0.29, 0.717) is 5.92 Å². The molecule has 1 aliphatic rings. The molecular formula is C16H26N2O2. The van der Waals surface area contributed by atoms with E-state index in [-0.39, 0.29) is 17.5 Å². The minimum atomic E-state index is 0.0802. The standard InChI is InChI=1S/C16H26N2O2/c1-12(11-18-7-3-4-8-18)10-17-13(2)15-6-5-14(19)9-16(15)20/h5-6,9,12-13,17,19-20H,3-4,7-8,10-11H2,1-2H3. The van der Waals surface area contributed by atoms with Crippen LogP contribution in [0.15, 0.2) is 18.2 Å². The molecule has 2 atom stereocenters. The fraction of sp³-hybridized carbons (Fsp3) is 0.625. The highest BCUT2D eigenvalue weighted by atomic mass is 16.3. The van der Waals surface area contributed by atoms with E-state index in [4.69, 9.17) is 0 Å². The zero-order valence-corrected chi connectivity index (χ0v) is 12.5. The molecule has 20 heavy (non-hydrogen) atoms. The highest BCUT2D eigenvalue weighted by molar-refractivity contribution is 5.40. The maximum atomic E-state index is 9.85. The van der Waals surface area contributed by atoms with Crippen molar-refractivity contribution in [2.24, 2.45) is 5.92 Å². The number of aromatic hydroxyl groups is 2. The van der Waals surface area contributed by atoms with Gasteiger partial charge in [0.25, 0.3) is 0 Å². The molecule has 3 N–H and O–H groups in total. The van der Waals surface area contributed by atoms with Crippen LogP contribution in [0, 0.1) is 5.92 Å². The maximum Gasteiger partial charge on any atom is 0.124 e. The van der Waals surface area contributed by atoms with E-state index in [2.05, 4.69) is 17.1 Å². The van der Waals surface area contributed by atoms with Gasteiger partial charge in [-0.2, -0.15) is 0 Å². The molecule has 4 nitrogen and oxygen atoms in total. The van der Waals surface area contributed by atoms with Gasteiger partial charge in [0, 0.05) is 24.2 Å². The second-order valence-electron chi connectivity index (χ2n) is 5.99. The Labute approximate surface area is 121 Å².